The standard InChI is InChI=1S/C14H19N3O3/c1-10-8-15(9-11(2)16(10)12(3)18)13-4-6-14(7-5-13)17(19)20/h4-7,10-11H,8-9H2,1-3H3/t10-,11+. The van der Waals surface area contributed by atoms with Gasteiger partial charge in [0.2, 0.25) is 5.91 Å². The zero-order valence-corrected chi connectivity index (χ0v) is 11.9. The second kappa shape index (κ2) is 5.48. The van der Waals surface area contributed by atoms with Gasteiger partial charge in [-0.1, -0.05) is 0 Å². The van der Waals surface area contributed by atoms with Crippen LogP contribution < -0.4 is 4.90 Å². The van der Waals surface area contributed by atoms with Crippen molar-refractivity contribution in [1.82, 2.24) is 4.90 Å². The highest BCUT2D eigenvalue weighted by atomic mass is 16.6. The Balaban J connectivity index is 2.15. The van der Waals surface area contributed by atoms with Gasteiger partial charge in [0.05, 0.1) is 4.92 Å². The summed E-state index contributed by atoms with van der Waals surface area (Å²) in [6, 6.07) is 6.82. The summed E-state index contributed by atoms with van der Waals surface area (Å²) in [6.45, 7) is 7.11. The minimum absolute atomic E-state index is 0.0911. The van der Waals surface area contributed by atoms with E-state index < -0.39 is 4.92 Å². The molecule has 108 valence electrons. The van der Waals surface area contributed by atoms with Gasteiger partial charge in [0.15, 0.2) is 0 Å². The molecule has 0 spiro atoms. The number of nitro benzene ring substituents is 1. The van der Waals surface area contributed by atoms with Crippen molar-refractivity contribution in [1.29, 1.82) is 0 Å². The molecule has 1 fully saturated rings. The summed E-state index contributed by atoms with van der Waals surface area (Å²) in [6.07, 6.45) is 0. The number of benzene rings is 1. The Bertz CT molecular complexity index is 503. The van der Waals surface area contributed by atoms with Crippen LogP contribution in [0.2, 0.25) is 0 Å². The summed E-state index contributed by atoms with van der Waals surface area (Å²) in [4.78, 5) is 25.9. The Hall–Kier alpha value is -2.11. The Morgan fingerprint density at radius 2 is 1.70 bits per heavy atom. The van der Waals surface area contributed by atoms with Crippen LogP contribution in [0.4, 0.5) is 11.4 Å². The summed E-state index contributed by atoms with van der Waals surface area (Å²) in [5, 5.41) is 10.7. The van der Waals surface area contributed by atoms with E-state index in [4.69, 9.17) is 0 Å². The third-order valence-corrected chi connectivity index (χ3v) is 3.71. The Kier molecular flexibility index (Phi) is 3.92. The number of non-ortho nitro benzene ring substituents is 1. The molecular formula is C14H19N3O3. The van der Waals surface area contributed by atoms with Gasteiger partial charge in [-0.3, -0.25) is 14.9 Å². The van der Waals surface area contributed by atoms with Gasteiger partial charge in [-0.25, -0.2) is 0 Å². The van der Waals surface area contributed by atoms with E-state index in [1.165, 1.54) is 12.1 Å². The van der Waals surface area contributed by atoms with Crippen molar-refractivity contribution in [3.63, 3.8) is 0 Å². The number of amides is 1. The molecule has 1 heterocycles. The van der Waals surface area contributed by atoms with Crippen molar-refractivity contribution >= 4 is 17.3 Å². The quantitative estimate of drug-likeness (QED) is 0.613. The van der Waals surface area contributed by atoms with E-state index in [0.717, 1.165) is 18.8 Å². The fraction of sp³-hybridized carbons (Fsp3) is 0.500. The molecule has 0 saturated carbocycles. The molecule has 0 radical (unpaired) electrons. The summed E-state index contributed by atoms with van der Waals surface area (Å²) in [5.74, 6) is 0.0911. The molecule has 20 heavy (non-hydrogen) atoms. The number of anilines is 1. The minimum atomic E-state index is -0.400. The van der Waals surface area contributed by atoms with Crippen molar-refractivity contribution in [3.8, 4) is 0 Å². The fourth-order valence-corrected chi connectivity index (χ4v) is 2.94. The average molecular weight is 277 g/mol. The number of carbonyl (C=O) groups excluding carboxylic acids is 1. The predicted octanol–water partition coefficient (Wildman–Crippen LogP) is 2.04. The summed E-state index contributed by atoms with van der Waals surface area (Å²) >= 11 is 0. The van der Waals surface area contributed by atoms with Crippen molar-refractivity contribution < 1.29 is 9.72 Å². The molecule has 2 atom stereocenters. The van der Waals surface area contributed by atoms with Gasteiger partial charge < -0.3 is 9.80 Å². The van der Waals surface area contributed by atoms with Crippen LogP contribution in [0.3, 0.4) is 0 Å². The molecule has 0 N–H and O–H groups in total. The number of nitrogens with zero attached hydrogens (tertiary/aromatic N) is 3. The van der Waals surface area contributed by atoms with E-state index in [2.05, 4.69) is 4.90 Å². The van der Waals surface area contributed by atoms with E-state index in [9.17, 15) is 14.9 Å². The second-order valence-electron chi connectivity index (χ2n) is 5.30. The predicted molar refractivity (Wildman–Crippen MR) is 76.8 cm³/mol. The normalized spacial score (nSPS) is 22.8. The SMILES string of the molecule is CC(=O)N1[C@H](C)CN(c2ccc([N+](=O)[O-])cc2)C[C@@H]1C. The molecule has 1 aromatic carbocycles. The molecule has 1 aromatic rings. The number of hydrogen-bond donors (Lipinski definition) is 0. The lowest BCUT2D eigenvalue weighted by molar-refractivity contribution is -0.384. The number of nitro groups is 1. The highest BCUT2D eigenvalue weighted by molar-refractivity contribution is 5.74. The monoisotopic (exact) mass is 277 g/mol. The van der Waals surface area contributed by atoms with Crippen molar-refractivity contribution in [2.45, 2.75) is 32.9 Å². The average Bonchev–Trinajstić information content (AvgIpc) is 2.37. The zero-order chi connectivity index (χ0) is 14.9. The van der Waals surface area contributed by atoms with Crippen LogP contribution in [0.15, 0.2) is 24.3 Å². The number of hydrogen-bond acceptors (Lipinski definition) is 4. The van der Waals surface area contributed by atoms with Crippen LogP contribution in [0.5, 0.6) is 0 Å². The van der Waals surface area contributed by atoms with E-state index in [1.807, 2.05) is 18.7 Å². The van der Waals surface area contributed by atoms with E-state index in [-0.39, 0.29) is 23.7 Å². The topological polar surface area (TPSA) is 66.7 Å². The first-order valence-corrected chi connectivity index (χ1v) is 6.68. The van der Waals surface area contributed by atoms with Gasteiger partial charge in [-0.05, 0) is 26.0 Å². The number of carbonyl (C=O) groups is 1. The van der Waals surface area contributed by atoms with Crippen LogP contribution in [-0.4, -0.2) is 40.9 Å². The molecular weight excluding hydrogens is 258 g/mol. The molecule has 2 rings (SSSR count). The van der Waals surface area contributed by atoms with Crippen molar-refractivity contribution in [3.05, 3.63) is 34.4 Å². The smallest absolute Gasteiger partial charge is 0.269 e. The molecule has 6 heteroatoms. The van der Waals surface area contributed by atoms with E-state index in [1.54, 1.807) is 19.1 Å². The first kappa shape index (κ1) is 14.3. The lowest BCUT2D eigenvalue weighted by Crippen LogP contribution is -2.58. The number of piperazine rings is 1. The van der Waals surface area contributed by atoms with Gasteiger partial charge in [0.1, 0.15) is 0 Å². The molecule has 1 aliphatic heterocycles. The molecule has 0 aliphatic carbocycles. The van der Waals surface area contributed by atoms with Gasteiger partial charge in [0, 0.05) is 49.9 Å². The van der Waals surface area contributed by atoms with Crippen molar-refractivity contribution in [2.75, 3.05) is 18.0 Å². The molecule has 0 bridgehead atoms. The van der Waals surface area contributed by atoms with Gasteiger partial charge in [-0.15, -0.1) is 0 Å². The Morgan fingerprint density at radius 1 is 1.20 bits per heavy atom. The third kappa shape index (κ3) is 2.74. The van der Waals surface area contributed by atoms with Crippen LogP contribution >= 0.6 is 0 Å². The van der Waals surface area contributed by atoms with Crippen LogP contribution in [0.1, 0.15) is 20.8 Å². The molecule has 1 saturated heterocycles. The van der Waals surface area contributed by atoms with Crippen LogP contribution in [-0.2, 0) is 4.79 Å². The maximum absolute atomic E-state index is 11.6. The highest BCUT2D eigenvalue weighted by Crippen LogP contribution is 2.24. The summed E-state index contributed by atoms with van der Waals surface area (Å²) in [7, 11) is 0. The zero-order valence-electron chi connectivity index (χ0n) is 11.9. The van der Waals surface area contributed by atoms with Gasteiger partial charge >= 0.3 is 0 Å². The molecule has 1 aliphatic rings. The fourth-order valence-electron chi connectivity index (χ4n) is 2.94. The summed E-state index contributed by atoms with van der Waals surface area (Å²) in [5.41, 5.74) is 1.05. The lowest BCUT2D eigenvalue weighted by atomic mass is 10.1. The largest absolute Gasteiger partial charge is 0.367 e. The molecule has 0 aromatic heterocycles. The molecule has 0 unspecified atom stereocenters. The maximum atomic E-state index is 11.6. The second-order valence-corrected chi connectivity index (χ2v) is 5.30. The number of rotatable bonds is 2. The van der Waals surface area contributed by atoms with Crippen molar-refractivity contribution in [2.24, 2.45) is 0 Å². The Morgan fingerprint density at radius 3 is 2.10 bits per heavy atom. The molecule has 6 nitrogen and oxygen atoms in total. The van der Waals surface area contributed by atoms with E-state index in [0.29, 0.717) is 0 Å². The first-order valence-electron chi connectivity index (χ1n) is 6.68. The third-order valence-electron chi connectivity index (χ3n) is 3.71. The van der Waals surface area contributed by atoms with Crippen LogP contribution in [0, 0.1) is 10.1 Å². The van der Waals surface area contributed by atoms with Gasteiger partial charge in [-0.2, -0.15) is 0 Å². The summed E-state index contributed by atoms with van der Waals surface area (Å²) < 4.78 is 0. The maximum Gasteiger partial charge on any atom is 0.269 e. The highest BCUT2D eigenvalue weighted by Gasteiger charge is 2.31. The first-order chi connectivity index (χ1) is 9.40. The lowest BCUT2D eigenvalue weighted by Gasteiger charge is -2.45. The van der Waals surface area contributed by atoms with Gasteiger partial charge in [0.25, 0.3) is 5.69 Å². The minimum Gasteiger partial charge on any atom is -0.367 e. The molecule has 1 amide bonds. The van der Waals surface area contributed by atoms with Crippen LogP contribution in [0.25, 0.3) is 0 Å². The Labute approximate surface area is 118 Å². The van der Waals surface area contributed by atoms with E-state index >= 15 is 0 Å².